The third-order valence-electron chi connectivity index (χ3n) is 5.19. The molecule has 2 unspecified atom stereocenters. The maximum absolute atomic E-state index is 11.7. The monoisotopic (exact) mass is 353 g/mol. The molecule has 0 radical (unpaired) electrons. The predicted molar refractivity (Wildman–Crippen MR) is 99.7 cm³/mol. The van der Waals surface area contributed by atoms with Gasteiger partial charge in [0.05, 0.1) is 13.1 Å². The van der Waals surface area contributed by atoms with E-state index in [2.05, 4.69) is 24.9 Å². The summed E-state index contributed by atoms with van der Waals surface area (Å²) in [5.74, 6) is 0.355. The van der Waals surface area contributed by atoms with E-state index in [1.807, 2.05) is 0 Å². The van der Waals surface area contributed by atoms with E-state index in [9.17, 15) is 9.59 Å². The molecule has 2 fully saturated rings. The Bertz CT molecular complexity index is 432. The lowest BCUT2D eigenvalue weighted by Gasteiger charge is -2.35. The summed E-state index contributed by atoms with van der Waals surface area (Å²) in [7, 11) is 1.70. The Morgan fingerprint density at radius 2 is 1.20 bits per heavy atom. The van der Waals surface area contributed by atoms with Crippen molar-refractivity contribution in [3.05, 3.63) is 0 Å². The van der Waals surface area contributed by atoms with Crippen LogP contribution in [0.15, 0.2) is 0 Å². The van der Waals surface area contributed by atoms with E-state index in [1.165, 1.54) is 0 Å². The van der Waals surface area contributed by atoms with Crippen LogP contribution in [0.25, 0.3) is 0 Å². The van der Waals surface area contributed by atoms with Gasteiger partial charge < -0.3 is 15.1 Å². The highest BCUT2D eigenvalue weighted by atomic mass is 16.2. The number of ketones is 1. The van der Waals surface area contributed by atoms with Crippen molar-refractivity contribution in [2.24, 2.45) is 0 Å². The normalized spacial score (nSPS) is 27.6. The highest BCUT2D eigenvalue weighted by molar-refractivity contribution is 5.77. The molecule has 0 saturated carbocycles. The second kappa shape index (κ2) is 10.9. The fourth-order valence-corrected chi connectivity index (χ4v) is 3.69. The summed E-state index contributed by atoms with van der Waals surface area (Å²) < 4.78 is 0. The number of carbonyl (C=O) groups is 2. The van der Waals surface area contributed by atoms with Crippen molar-refractivity contribution in [2.75, 3.05) is 85.6 Å². The molecule has 25 heavy (non-hydrogen) atoms. The number of carbonyl (C=O) groups excluding carboxylic acids is 2. The van der Waals surface area contributed by atoms with Crippen molar-refractivity contribution in [1.82, 2.24) is 24.9 Å². The number of nitrogens with zero attached hydrogens (tertiary/aromatic N) is 4. The number of hydrogen-bond acceptors (Lipinski definition) is 6. The van der Waals surface area contributed by atoms with Crippen LogP contribution in [0.4, 0.5) is 0 Å². The quantitative estimate of drug-likeness (QED) is 0.724. The first-order valence-electron chi connectivity index (χ1n) is 9.66. The van der Waals surface area contributed by atoms with Gasteiger partial charge in [-0.3, -0.25) is 19.4 Å². The Kier molecular flexibility index (Phi) is 8.81. The molecule has 2 atom stereocenters. The zero-order valence-electron chi connectivity index (χ0n) is 16.0. The molecule has 2 rings (SSSR count). The summed E-state index contributed by atoms with van der Waals surface area (Å²) in [4.78, 5) is 32.9. The summed E-state index contributed by atoms with van der Waals surface area (Å²) in [6.07, 6.45) is 2.19. The maximum Gasteiger partial charge on any atom is 0.233 e. The molecule has 1 amide bonds. The minimum absolute atomic E-state index is 0.0986. The standard InChI is InChI=1S/C18H35N5O2/c1-17(24)15-22-7-3-5-21-10-9-20(11-13-22)6-4-8-23(14-12-21)16-18(25)19-2/h3-16H2,1-2H3,(H,19,25). The van der Waals surface area contributed by atoms with Gasteiger partial charge in [-0.2, -0.15) is 0 Å². The van der Waals surface area contributed by atoms with Crippen LogP contribution in [0, 0.1) is 0 Å². The van der Waals surface area contributed by atoms with Gasteiger partial charge >= 0.3 is 0 Å². The smallest absolute Gasteiger partial charge is 0.233 e. The highest BCUT2D eigenvalue weighted by Crippen LogP contribution is 2.06. The largest absolute Gasteiger partial charge is 0.358 e. The van der Waals surface area contributed by atoms with Crippen LogP contribution in [0.1, 0.15) is 19.8 Å². The van der Waals surface area contributed by atoms with Gasteiger partial charge in [0.2, 0.25) is 5.91 Å². The Balaban J connectivity index is 1.96. The highest BCUT2D eigenvalue weighted by Gasteiger charge is 2.19. The van der Waals surface area contributed by atoms with Gasteiger partial charge in [0, 0.05) is 46.3 Å². The van der Waals surface area contributed by atoms with Crippen LogP contribution >= 0.6 is 0 Å². The van der Waals surface area contributed by atoms with Gasteiger partial charge in [-0.05, 0) is 45.9 Å². The lowest BCUT2D eigenvalue weighted by Crippen LogP contribution is -2.48. The summed E-state index contributed by atoms with van der Waals surface area (Å²) >= 11 is 0. The number of likely N-dealkylation sites (N-methyl/N-ethyl adjacent to an activating group) is 1. The molecule has 2 heterocycles. The Hall–Kier alpha value is -1.02. The lowest BCUT2D eigenvalue weighted by atomic mass is 10.2. The van der Waals surface area contributed by atoms with E-state index < -0.39 is 0 Å². The number of amides is 1. The number of rotatable bonds is 4. The summed E-state index contributed by atoms with van der Waals surface area (Å²) in [5, 5.41) is 2.73. The molecule has 2 aliphatic heterocycles. The summed E-state index contributed by atoms with van der Waals surface area (Å²) in [6.45, 7) is 13.0. The first-order chi connectivity index (χ1) is 12.1. The fourth-order valence-electron chi connectivity index (χ4n) is 3.69. The van der Waals surface area contributed by atoms with Crippen molar-refractivity contribution in [2.45, 2.75) is 19.8 Å². The van der Waals surface area contributed by atoms with E-state index in [1.54, 1.807) is 14.0 Å². The molecule has 7 nitrogen and oxygen atoms in total. The van der Waals surface area contributed by atoms with Gasteiger partial charge in [0.25, 0.3) is 0 Å². The van der Waals surface area contributed by atoms with E-state index >= 15 is 0 Å². The Labute approximate surface area is 152 Å². The zero-order chi connectivity index (χ0) is 18.1. The van der Waals surface area contributed by atoms with Gasteiger partial charge in [-0.15, -0.1) is 0 Å². The van der Waals surface area contributed by atoms with Crippen LogP contribution in [0.5, 0.6) is 0 Å². The van der Waals surface area contributed by atoms with Gasteiger partial charge in [-0.25, -0.2) is 0 Å². The second-order valence-corrected chi connectivity index (χ2v) is 7.32. The molecule has 144 valence electrons. The molecule has 7 heteroatoms. The number of hydrogen-bond donors (Lipinski definition) is 1. The molecule has 0 spiro atoms. The van der Waals surface area contributed by atoms with Crippen molar-refractivity contribution >= 4 is 11.7 Å². The first-order valence-corrected chi connectivity index (χ1v) is 9.66. The molecular weight excluding hydrogens is 318 g/mol. The average Bonchev–Trinajstić information content (AvgIpc) is 2.59. The third-order valence-corrected chi connectivity index (χ3v) is 5.19. The van der Waals surface area contributed by atoms with Gasteiger partial charge in [-0.1, -0.05) is 0 Å². The molecule has 2 aliphatic rings. The number of fused-ring (bicyclic) bond motifs is 3. The van der Waals surface area contributed by atoms with Crippen LogP contribution in [-0.2, 0) is 9.59 Å². The second-order valence-electron chi connectivity index (χ2n) is 7.32. The molecule has 0 aromatic heterocycles. The molecule has 1 N–H and O–H groups in total. The van der Waals surface area contributed by atoms with Crippen LogP contribution in [-0.4, -0.2) is 117 Å². The minimum atomic E-state index is 0.0986. The van der Waals surface area contributed by atoms with Gasteiger partial charge in [0.1, 0.15) is 5.78 Å². The molecule has 0 aromatic rings. The zero-order valence-corrected chi connectivity index (χ0v) is 16.0. The van der Waals surface area contributed by atoms with Crippen LogP contribution in [0.2, 0.25) is 0 Å². The maximum atomic E-state index is 11.7. The fraction of sp³-hybridized carbons (Fsp3) is 0.889. The lowest BCUT2D eigenvalue weighted by molar-refractivity contribution is -0.122. The molecule has 2 saturated heterocycles. The number of nitrogens with one attached hydrogen (secondary N) is 1. The molecule has 0 aromatic carbocycles. The predicted octanol–water partition coefficient (Wildman–Crippen LogP) is -0.663. The van der Waals surface area contributed by atoms with Crippen molar-refractivity contribution in [3.8, 4) is 0 Å². The topological polar surface area (TPSA) is 59.1 Å². The van der Waals surface area contributed by atoms with Gasteiger partial charge in [0.15, 0.2) is 0 Å². The minimum Gasteiger partial charge on any atom is -0.358 e. The number of Topliss-reactive ketones (excluding diaryl/α,β-unsaturated/α-hetero) is 1. The third kappa shape index (κ3) is 7.81. The van der Waals surface area contributed by atoms with E-state index in [-0.39, 0.29) is 11.7 Å². The summed E-state index contributed by atoms with van der Waals surface area (Å²) in [5.41, 5.74) is 0. The van der Waals surface area contributed by atoms with Crippen LogP contribution in [0.3, 0.4) is 0 Å². The average molecular weight is 354 g/mol. The molecule has 0 aliphatic carbocycles. The van der Waals surface area contributed by atoms with Crippen molar-refractivity contribution < 1.29 is 9.59 Å². The summed E-state index contributed by atoms with van der Waals surface area (Å²) in [6, 6.07) is 0. The molecule has 2 bridgehead atoms. The molecular formula is C18H35N5O2. The SMILES string of the molecule is CNC(=O)CN1CCCN2CCN(CCCN(CC(C)=O)CC2)CC1. The van der Waals surface area contributed by atoms with Crippen LogP contribution < -0.4 is 5.32 Å². The Morgan fingerprint density at radius 3 is 1.68 bits per heavy atom. The van der Waals surface area contributed by atoms with E-state index in [4.69, 9.17) is 0 Å². The van der Waals surface area contributed by atoms with Crippen molar-refractivity contribution in [1.29, 1.82) is 0 Å². The van der Waals surface area contributed by atoms with Crippen molar-refractivity contribution in [3.63, 3.8) is 0 Å². The van der Waals surface area contributed by atoms with E-state index in [0.717, 1.165) is 78.3 Å². The van der Waals surface area contributed by atoms with E-state index in [0.29, 0.717) is 13.1 Å². The Morgan fingerprint density at radius 1 is 0.720 bits per heavy atom. The first kappa shape index (κ1) is 20.3.